The molecule has 0 bridgehead atoms. The van der Waals surface area contributed by atoms with Crippen molar-refractivity contribution in [2.75, 3.05) is 18.0 Å². The zero-order valence-corrected chi connectivity index (χ0v) is 10.0. The van der Waals surface area contributed by atoms with Crippen LogP contribution in [0.2, 0.25) is 0 Å². The summed E-state index contributed by atoms with van der Waals surface area (Å²) in [7, 11) is 0. The van der Waals surface area contributed by atoms with Gasteiger partial charge in [-0.1, -0.05) is 35.9 Å². The van der Waals surface area contributed by atoms with E-state index in [2.05, 4.69) is 29.2 Å². The minimum absolute atomic E-state index is 0.168. The van der Waals surface area contributed by atoms with Gasteiger partial charge in [0.05, 0.1) is 0 Å². The molecule has 1 aromatic carbocycles. The van der Waals surface area contributed by atoms with Crippen LogP contribution in [0.4, 0.5) is 5.69 Å². The first kappa shape index (κ1) is 11.5. The molecule has 16 heavy (non-hydrogen) atoms. The Morgan fingerprint density at radius 2 is 2.25 bits per heavy atom. The lowest BCUT2D eigenvalue weighted by Crippen LogP contribution is -2.24. The monoisotopic (exact) mass is 236 g/mol. The molecule has 0 aromatic heterocycles. The van der Waals surface area contributed by atoms with Crippen molar-refractivity contribution < 1.29 is 0 Å². The van der Waals surface area contributed by atoms with Crippen LogP contribution in [0.5, 0.6) is 0 Å². The van der Waals surface area contributed by atoms with Crippen LogP contribution in [0.15, 0.2) is 35.9 Å². The Morgan fingerprint density at radius 1 is 1.44 bits per heavy atom. The molecule has 2 nitrogen and oxygen atoms in total. The summed E-state index contributed by atoms with van der Waals surface area (Å²) in [5.41, 5.74) is 10.2. The highest BCUT2D eigenvalue weighted by molar-refractivity contribution is 6.25. The van der Waals surface area contributed by atoms with Crippen molar-refractivity contribution in [2.24, 2.45) is 5.73 Å². The molecule has 0 saturated carbocycles. The molecule has 1 atom stereocenters. The molecule has 1 aliphatic heterocycles. The minimum atomic E-state index is 0.168. The maximum absolute atomic E-state index is 6.17. The predicted molar refractivity (Wildman–Crippen MR) is 69.8 cm³/mol. The fourth-order valence-corrected chi connectivity index (χ4v) is 2.30. The number of fused-ring (bicyclic) bond motifs is 1. The normalized spacial score (nSPS) is 20.9. The predicted octanol–water partition coefficient (Wildman–Crippen LogP) is 3.04. The summed E-state index contributed by atoms with van der Waals surface area (Å²) in [5.74, 6) is 0. The Hall–Kier alpha value is -0.990. The van der Waals surface area contributed by atoms with Crippen molar-refractivity contribution in [1.29, 1.82) is 0 Å². The average molecular weight is 237 g/mol. The third kappa shape index (κ3) is 2.39. The molecule has 2 rings (SSSR count). The third-order valence-corrected chi connectivity index (χ3v) is 3.21. The Bertz CT molecular complexity index is 376. The first-order valence-electron chi connectivity index (χ1n) is 5.67. The fraction of sp³-hybridized carbons (Fsp3) is 0.385. The lowest BCUT2D eigenvalue weighted by atomic mass is 10.0. The number of nitrogens with zero attached hydrogens (tertiary/aromatic N) is 1. The second-order valence-corrected chi connectivity index (χ2v) is 4.37. The van der Waals surface area contributed by atoms with Crippen LogP contribution in [0.25, 0.3) is 0 Å². The van der Waals surface area contributed by atoms with Crippen molar-refractivity contribution >= 4 is 17.3 Å². The van der Waals surface area contributed by atoms with Crippen molar-refractivity contribution in [2.45, 2.75) is 18.9 Å². The SMILES string of the molecule is NC1CCCN(C/C=C/Cl)c2ccccc21. The van der Waals surface area contributed by atoms with Gasteiger partial charge >= 0.3 is 0 Å². The van der Waals surface area contributed by atoms with E-state index in [0.29, 0.717) is 0 Å². The van der Waals surface area contributed by atoms with Gasteiger partial charge in [0.1, 0.15) is 0 Å². The zero-order chi connectivity index (χ0) is 11.4. The molecule has 0 amide bonds. The highest BCUT2D eigenvalue weighted by Gasteiger charge is 2.18. The van der Waals surface area contributed by atoms with Crippen LogP contribution in [-0.2, 0) is 0 Å². The van der Waals surface area contributed by atoms with E-state index < -0.39 is 0 Å². The number of halogens is 1. The maximum atomic E-state index is 6.17. The first-order valence-corrected chi connectivity index (χ1v) is 6.11. The minimum Gasteiger partial charge on any atom is -0.367 e. The molecule has 0 aliphatic carbocycles. The van der Waals surface area contributed by atoms with Gasteiger partial charge in [-0.25, -0.2) is 0 Å². The quantitative estimate of drug-likeness (QED) is 0.855. The van der Waals surface area contributed by atoms with Crippen molar-refractivity contribution in [1.82, 2.24) is 0 Å². The smallest absolute Gasteiger partial charge is 0.0417 e. The van der Waals surface area contributed by atoms with Gasteiger partial charge in [-0.05, 0) is 24.5 Å². The van der Waals surface area contributed by atoms with Crippen LogP contribution in [0.1, 0.15) is 24.4 Å². The van der Waals surface area contributed by atoms with Crippen LogP contribution >= 0.6 is 11.6 Å². The number of hydrogen-bond donors (Lipinski definition) is 1. The van der Waals surface area contributed by atoms with E-state index >= 15 is 0 Å². The van der Waals surface area contributed by atoms with E-state index in [1.165, 1.54) is 11.3 Å². The standard InChI is InChI=1S/C13H17ClN2/c14-8-4-10-16-9-3-6-12(15)11-5-1-2-7-13(11)16/h1-2,4-5,7-8,12H,3,6,9-10,15H2/b8-4+. The van der Waals surface area contributed by atoms with Gasteiger partial charge in [-0.2, -0.15) is 0 Å². The van der Waals surface area contributed by atoms with Gasteiger partial charge in [-0.15, -0.1) is 0 Å². The van der Waals surface area contributed by atoms with Gasteiger partial charge in [0.25, 0.3) is 0 Å². The van der Waals surface area contributed by atoms with Gasteiger partial charge in [0, 0.05) is 30.4 Å². The fourth-order valence-electron chi connectivity index (χ4n) is 2.22. The van der Waals surface area contributed by atoms with Crippen LogP contribution < -0.4 is 10.6 Å². The summed E-state index contributed by atoms with van der Waals surface area (Å²) < 4.78 is 0. The highest BCUT2D eigenvalue weighted by atomic mass is 35.5. The summed E-state index contributed by atoms with van der Waals surface area (Å²) in [6.45, 7) is 1.90. The number of benzene rings is 1. The summed E-state index contributed by atoms with van der Waals surface area (Å²) in [6.07, 6.45) is 4.15. The summed E-state index contributed by atoms with van der Waals surface area (Å²) in [5, 5.41) is 0. The topological polar surface area (TPSA) is 29.3 Å². The first-order chi connectivity index (χ1) is 7.83. The van der Waals surface area contributed by atoms with Crippen LogP contribution in [-0.4, -0.2) is 13.1 Å². The number of anilines is 1. The second kappa shape index (κ2) is 5.37. The number of para-hydroxylation sites is 1. The highest BCUT2D eigenvalue weighted by Crippen LogP contribution is 2.30. The molecule has 0 radical (unpaired) electrons. The van der Waals surface area contributed by atoms with Gasteiger partial charge < -0.3 is 10.6 Å². The molecule has 2 N–H and O–H groups in total. The van der Waals surface area contributed by atoms with Crippen molar-refractivity contribution in [3.8, 4) is 0 Å². The lowest BCUT2D eigenvalue weighted by Gasteiger charge is -2.23. The zero-order valence-electron chi connectivity index (χ0n) is 9.27. The molecule has 86 valence electrons. The van der Waals surface area contributed by atoms with Gasteiger partial charge in [-0.3, -0.25) is 0 Å². The molecule has 1 unspecified atom stereocenters. The van der Waals surface area contributed by atoms with E-state index in [4.69, 9.17) is 17.3 Å². The molecule has 0 spiro atoms. The van der Waals surface area contributed by atoms with Gasteiger partial charge in [0.15, 0.2) is 0 Å². The third-order valence-electron chi connectivity index (χ3n) is 3.03. The maximum Gasteiger partial charge on any atom is 0.0417 e. The van der Waals surface area contributed by atoms with Crippen molar-refractivity contribution in [3.05, 3.63) is 41.4 Å². The Labute approximate surface area is 102 Å². The van der Waals surface area contributed by atoms with Gasteiger partial charge in [0.2, 0.25) is 0 Å². The van der Waals surface area contributed by atoms with Crippen LogP contribution in [0.3, 0.4) is 0 Å². The Kier molecular flexibility index (Phi) is 3.86. The molecule has 1 heterocycles. The average Bonchev–Trinajstić information content (AvgIpc) is 2.47. The molecular weight excluding hydrogens is 220 g/mol. The van der Waals surface area contributed by atoms with Crippen LogP contribution in [0, 0.1) is 0 Å². The summed E-state index contributed by atoms with van der Waals surface area (Å²) >= 11 is 5.59. The second-order valence-electron chi connectivity index (χ2n) is 4.12. The van der Waals surface area contributed by atoms with E-state index in [1.54, 1.807) is 5.54 Å². The Morgan fingerprint density at radius 3 is 3.06 bits per heavy atom. The molecule has 3 heteroatoms. The Balaban J connectivity index is 2.31. The number of rotatable bonds is 2. The summed E-state index contributed by atoms with van der Waals surface area (Å²) in [4.78, 5) is 2.33. The molecule has 1 aliphatic rings. The van der Waals surface area contributed by atoms with E-state index in [-0.39, 0.29) is 6.04 Å². The molecular formula is C13H17ClN2. The van der Waals surface area contributed by atoms with E-state index in [9.17, 15) is 0 Å². The molecule has 1 aromatic rings. The molecule has 0 saturated heterocycles. The number of nitrogens with two attached hydrogens (primary N) is 1. The lowest BCUT2D eigenvalue weighted by molar-refractivity contribution is 0.631. The number of hydrogen-bond acceptors (Lipinski definition) is 2. The largest absolute Gasteiger partial charge is 0.367 e. The van der Waals surface area contributed by atoms with E-state index in [1.807, 2.05) is 6.08 Å². The summed E-state index contributed by atoms with van der Waals surface area (Å²) in [6, 6.07) is 8.56. The van der Waals surface area contributed by atoms with Crippen molar-refractivity contribution in [3.63, 3.8) is 0 Å². The van der Waals surface area contributed by atoms with E-state index in [0.717, 1.165) is 25.9 Å². The molecule has 0 fully saturated rings.